The summed E-state index contributed by atoms with van der Waals surface area (Å²) in [4.78, 5) is 11.6. The van der Waals surface area contributed by atoms with Crippen LogP contribution in [0.5, 0.6) is 0 Å². The SMILES string of the molecule is O=C1NC2CC3CC1CC(C3)[C@@H]2Cl. The fraction of sp³-hybridized carbons (Fsp3) is 0.900. The van der Waals surface area contributed by atoms with Crippen molar-refractivity contribution in [3.05, 3.63) is 0 Å². The van der Waals surface area contributed by atoms with Crippen LogP contribution in [-0.2, 0) is 4.79 Å². The fourth-order valence-electron chi connectivity index (χ4n) is 3.41. The van der Waals surface area contributed by atoms with E-state index in [1.54, 1.807) is 0 Å². The average Bonchev–Trinajstić information content (AvgIpc) is 2.26. The molecule has 2 aliphatic carbocycles. The minimum atomic E-state index is 0.200. The van der Waals surface area contributed by atoms with Gasteiger partial charge in [-0.2, -0.15) is 0 Å². The molecule has 2 heterocycles. The van der Waals surface area contributed by atoms with Crippen molar-refractivity contribution in [2.24, 2.45) is 17.8 Å². The van der Waals surface area contributed by atoms with E-state index in [0.717, 1.165) is 25.2 Å². The zero-order chi connectivity index (χ0) is 9.00. The predicted octanol–water partition coefficient (Wildman–Crippen LogP) is 1.53. The average molecular weight is 200 g/mol. The summed E-state index contributed by atoms with van der Waals surface area (Å²) in [5, 5.41) is 3.28. The lowest BCUT2D eigenvalue weighted by molar-refractivity contribution is -0.125. The van der Waals surface area contributed by atoms with Crippen LogP contribution in [0.4, 0.5) is 0 Å². The number of carbonyl (C=O) groups excluding carboxylic acids is 1. The van der Waals surface area contributed by atoms with Crippen molar-refractivity contribution in [3.63, 3.8) is 0 Å². The summed E-state index contributed by atoms with van der Waals surface area (Å²) in [5.74, 6) is 1.91. The molecular weight excluding hydrogens is 186 g/mol. The minimum absolute atomic E-state index is 0.200. The molecule has 3 heteroatoms. The van der Waals surface area contributed by atoms with Gasteiger partial charge in [-0.15, -0.1) is 11.6 Å². The van der Waals surface area contributed by atoms with Crippen LogP contribution < -0.4 is 5.32 Å². The van der Waals surface area contributed by atoms with E-state index in [1.807, 2.05) is 0 Å². The Hall–Kier alpha value is -0.240. The Morgan fingerprint density at radius 1 is 1.23 bits per heavy atom. The zero-order valence-corrected chi connectivity index (χ0v) is 8.26. The molecular formula is C10H14ClNO. The van der Waals surface area contributed by atoms with Gasteiger partial charge in [0.05, 0.1) is 5.38 Å². The number of rotatable bonds is 0. The van der Waals surface area contributed by atoms with E-state index in [2.05, 4.69) is 5.32 Å². The Kier molecular flexibility index (Phi) is 1.64. The van der Waals surface area contributed by atoms with Crippen LogP contribution in [-0.4, -0.2) is 17.3 Å². The third kappa shape index (κ3) is 1.11. The van der Waals surface area contributed by atoms with Gasteiger partial charge < -0.3 is 5.32 Å². The summed E-state index contributed by atoms with van der Waals surface area (Å²) in [6.07, 6.45) is 4.53. The first-order valence-corrected chi connectivity index (χ1v) is 5.62. The Balaban J connectivity index is 1.98. The molecule has 2 saturated carbocycles. The number of amides is 1. The van der Waals surface area contributed by atoms with Gasteiger partial charge in [0, 0.05) is 12.0 Å². The van der Waals surface area contributed by atoms with E-state index in [-0.39, 0.29) is 23.2 Å². The van der Waals surface area contributed by atoms with Crippen molar-refractivity contribution in [2.75, 3.05) is 0 Å². The molecule has 72 valence electrons. The first-order valence-electron chi connectivity index (χ1n) is 5.18. The van der Waals surface area contributed by atoms with Crippen molar-refractivity contribution >= 4 is 17.5 Å². The molecule has 1 N–H and O–H groups in total. The molecule has 0 spiro atoms. The number of fused-ring (bicyclic) bond motifs is 1. The maximum absolute atomic E-state index is 11.6. The Bertz CT molecular complexity index is 255. The number of nitrogens with one attached hydrogen (secondary N) is 1. The van der Waals surface area contributed by atoms with Gasteiger partial charge in [-0.1, -0.05) is 0 Å². The molecule has 1 amide bonds. The van der Waals surface area contributed by atoms with Crippen LogP contribution in [0.25, 0.3) is 0 Å². The molecule has 4 fully saturated rings. The third-order valence-corrected chi connectivity index (χ3v) is 4.62. The molecule has 2 saturated heterocycles. The van der Waals surface area contributed by atoms with E-state index >= 15 is 0 Å². The molecule has 0 aromatic heterocycles. The summed E-state index contributed by atoms with van der Waals surface area (Å²) in [7, 11) is 0. The molecule has 0 aromatic rings. The van der Waals surface area contributed by atoms with Gasteiger partial charge in [-0.05, 0) is 37.5 Å². The van der Waals surface area contributed by atoms with Crippen molar-refractivity contribution in [2.45, 2.75) is 37.1 Å². The maximum Gasteiger partial charge on any atom is 0.223 e. The standard InChI is InChI=1S/C10H14ClNO/c11-9-6-1-5-2-7(4-6)10(13)12-8(9)3-5/h5-9H,1-4H2,(H,12,13)/t5?,6?,7?,8?,9-/m0/s1. The Morgan fingerprint density at radius 2 is 2.08 bits per heavy atom. The van der Waals surface area contributed by atoms with E-state index < -0.39 is 0 Å². The van der Waals surface area contributed by atoms with Crippen molar-refractivity contribution in [3.8, 4) is 0 Å². The van der Waals surface area contributed by atoms with Crippen LogP contribution in [0, 0.1) is 17.8 Å². The second-order valence-electron chi connectivity index (χ2n) is 4.83. The number of carbonyl (C=O) groups is 1. The smallest absolute Gasteiger partial charge is 0.223 e. The van der Waals surface area contributed by atoms with Gasteiger partial charge in [0.25, 0.3) is 0 Å². The molecule has 2 aliphatic heterocycles. The molecule has 0 aromatic carbocycles. The first-order chi connectivity index (χ1) is 6.24. The Labute approximate surface area is 83.0 Å². The highest BCUT2D eigenvalue weighted by Gasteiger charge is 2.47. The van der Waals surface area contributed by atoms with E-state index in [4.69, 9.17) is 11.6 Å². The van der Waals surface area contributed by atoms with Crippen molar-refractivity contribution in [1.29, 1.82) is 0 Å². The van der Waals surface area contributed by atoms with Crippen LogP contribution >= 0.6 is 11.6 Å². The number of halogens is 1. The second kappa shape index (κ2) is 2.63. The van der Waals surface area contributed by atoms with Gasteiger partial charge >= 0.3 is 0 Å². The van der Waals surface area contributed by atoms with Gasteiger partial charge in [0.2, 0.25) is 5.91 Å². The monoisotopic (exact) mass is 199 g/mol. The number of hydrogen-bond donors (Lipinski definition) is 1. The predicted molar refractivity (Wildman–Crippen MR) is 50.5 cm³/mol. The first kappa shape index (κ1) is 8.10. The number of alkyl halides is 1. The molecule has 0 radical (unpaired) electrons. The second-order valence-corrected chi connectivity index (χ2v) is 5.33. The minimum Gasteiger partial charge on any atom is -0.352 e. The highest BCUT2D eigenvalue weighted by Crippen LogP contribution is 2.46. The van der Waals surface area contributed by atoms with Crippen molar-refractivity contribution < 1.29 is 4.79 Å². The molecule has 4 unspecified atom stereocenters. The van der Waals surface area contributed by atoms with Crippen molar-refractivity contribution in [1.82, 2.24) is 5.32 Å². The van der Waals surface area contributed by atoms with E-state index in [9.17, 15) is 4.79 Å². The Morgan fingerprint density at radius 3 is 2.92 bits per heavy atom. The topological polar surface area (TPSA) is 29.1 Å². The maximum atomic E-state index is 11.6. The van der Waals surface area contributed by atoms with Crippen LogP contribution in [0.3, 0.4) is 0 Å². The van der Waals surface area contributed by atoms with E-state index in [0.29, 0.717) is 5.92 Å². The molecule has 4 aliphatic rings. The van der Waals surface area contributed by atoms with Gasteiger partial charge in [-0.3, -0.25) is 4.79 Å². The number of hydrogen-bond acceptors (Lipinski definition) is 1. The summed E-state index contributed by atoms with van der Waals surface area (Å²) in [6, 6.07) is 0.269. The quantitative estimate of drug-likeness (QED) is 0.589. The van der Waals surface area contributed by atoms with Gasteiger partial charge in [0.1, 0.15) is 0 Å². The summed E-state index contributed by atoms with van der Waals surface area (Å²) >= 11 is 6.33. The molecule has 4 rings (SSSR count). The van der Waals surface area contributed by atoms with Crippen LogP contribution in [0.15, 0.2) is 0 Å². The van der Waals surface area contributed by atoms with Crippen LogP contribution in [0.2, 0.25) is 0 Å². The van der Waals surface area contributed by atoms with Gasteiger partial charge in [-0.25, -0.2) is 0 Å². The molecule has 4 bridgehead atoms. The largest absolute Gasteiger partial charge is 0.352 e. The van der Waals surface area contributed by atoms with Crippen LogP contribution in [0.1, 0.15) is 25.7 Å². The molecule has 5 atom stereocenters. The lowest BCUT2D eigenvalue weighted by Gasteiger charge is -2.40. The summed E-state index contributed by atoms with van der Waals surface area (Å²) < 4.78 is 0. The summed E-state index contributed by atoms with van der Waals surface area (Å²) in [5.41, 5.74) is 0. The highest BCUT2D eigenvalue weighted by molar-refractivity contribution is 6.21. The molecule has 13 heavy (non-hydrogen) atoms. The summed E-state index contributed by atoms with van der Waals surface area (Å²) in [6.45, 7) is 0. The lowest BCUT2D eigenvalue weighted by Crippen LogP contribution is -2.44. The highest BCUT2D eigenvalue weighted by atomic mass is 35.5. The third-order valence-electron chi connectivity index (χ3n) is 3.96. The molecule has 2 nitrogen and oxygen atoms in total. The van der Waals surface area contributed by atoms with Gasteiger partial charge in [0.15, 0.2) is 0 Å². The zero-order valence-electron chi connectivity index (χ0n) is 7.50. The van der Waals surface area contributed by atoms with E-state index in [1.165, 1.54) is 6.42 Å². The lowest BCUT2D eigenvalue weighted by atomic mass is 9.68. The normalized spacial score (nSPS) is 53.3. The fourth-order valence-corrected chi connectivity index (χ4v) is 3.78.